The third-order valence-electron chi connectivity index (χ3n) is 8.08. The molecule has 0 saturated carbocycles. The molecule has 0 spiro atoms. The summed E-state index contributed by atoms with van der Waals surface area (Å²) in [5.74, 6) is 0. The first-order valence-electron chi connectivity index (χ1n) is 20.1. The van der Waals surface area contributed by atoms with Crippen LogP contribution in [0.25, 0.3) is 0 Å². The van der Waals surface area contributed by atoms with Crippen molar-refractivity contribution >= 4 is 12.6 Å². The van der Waals surface area contributed by atoms with Crippen molar-refractivity contribution in [2.75, 3.05) is 40.8 Å². The smallest absolute Gasteiger partial charge is 0.145 e. The van der Waals surface area contributed by atoms with E-state index in [4.69, 9.17) is 0 Å². The first-order chi connectivity index (χ1) is 23.7. The largest absolute Gasteiger partial charge is 0.371 e. The van der Waals surface area contributed by atoms with Gasteiger partial charge in [0.1, 0.15) is 37.7 Å². The van der Waals surface area contributed by atoms with E-state index >= 15 is 0 Å². The zero-order valence-corrected chi connectivity index (χ0v) is 34.9. The van der Waals surface area contributed by atoms with Gasteiger partial charge in [-0.1, -0.05) is 107 Å². The van der Waals surface area contributed by atoms with E-state index in [1.165, 1.54) is 12.8 Å². The Bertz CT molecular complexity index is 797. The highest BCUT2D eigenvalue weighted by molar-refractivity contribution is 5.67. The summed E-state index contributed by atoms with van der Waals surface area (Å²) in [6, 6.07) is 0.623. The summed E-state index contributed by atoms with van der Waals surface area (Å²) in [4.78, 5) is 25.6. The second-order valence-corrected chi connectivity index (χ2v) is 12.1. The number of allylic oxidation sites excluding steroid dienone is 4. The van der Waals surface area contributed by atoms with Gasteiger partial charge >= 0.3 is 0 Å². The van der Waals surface area contributed by atoms with Crippen LogP contribution in [-0.4, -0.2) is 85.3 Å². The van der Waals surface area contributed by atoms with Crippen LogP contribution in [0.1, 0.15) is 159 Å². The molecule has 4 N–H and O–H groups in total. The summed E-state index contributed by atoms with van der Waals surface area (Å²) in [6.45, 7) is 26.8. The zero-order chi connectivity index (χ0) is 38.6. The Morgan fingerprint density at radius 2 is 1.37 bits per heavy atom. The van der Waals surface area contributed by atoms with Crippen molar-refractivity contribution in [1.29, 1.82) is 0 Å². The molecule has 0 aromatic heterocycles. The van der Waals surface area contributed by atoms with Gasteiger partial charge in [0, 0.05) is 24.8 Å². The molecule has 0 radical (unpaired) electrons. The van der Waals surface area contributed by atoms with E-state index in [0.29, 0.717) is 18.9 Å². The van der Waals surface area contributed by atoms with Crippen molar-refractivity contribution in [3.63, 3.8) is 0 Å². The number of carbonyl (C=O) groups is 2. The fourth-order valence-electron chi connectivity index (χ4n) is 5.64. The Kier molecular flexibility index (Phi) is 39.6. The van der Waals surface area contributed by atoms with E-state index in [-0.39, 0.29) is 5.54 Å². The average Bonchev–Trinajstić information content (AvgIpc) is 3.64. The van der Waals surface area contributed by atoms with Crippen molar-refractivity contribution < 1.29 is 19.6 Å². The molecular formula is C41H86N5O3+. The summed E-state index contributed by atoms with van der Waals surface area (Å²) >= 11 is 0. The van der Waals surface area contributed by atoms with E-state index in [9.17, 15) is 14.8 Å². The van der Waals surface area contributed by atoms with Crippen LogP contribution in [-0.2, 0) is 9.59 Å². The fraction of sp³-hybridized carbons (Fsp3) is 0.805. The van der Waals surface area contributed by atoms with Crippen molar-refractivity contribution in [2.45, 2.75) is 176 Å². The van der Waals surface area contributed by atoms with Crippen molar-refractivity contribution in [1.82, 2.24) is 21.0 Å². The van der Waals surface area contributed by atoms with Gasteiger partial charge in [-0.2, -0.15) is 5.21 Å². The van der Waals surface area contributed by atoms with Crippen LogP contribution in [0.3, 0.4) is 0 Å². The number of hydroxylamine groups is 2. The van der Waals surface area contributed by atoms with Gasteiger partial charge < -0.3 is 25.1 Å². The van der Waals surface area contributed by atoms with Gasteiger partial charge in [0.15, 0.2) is 0 Å². The van der Waals surface area contributed by atoms with E-state index in [0.717, 1.165) is 102 Å². The maximum absolute atomic E-state index is 12.2. The number of quaternary nitrogens is 1. The SMILES string of the molecule is C=C(CCCCC/C=C/CCCC(C=O)(CCC/C=C/CC1CCCN1)N[N+](C)(C)O)N1CC(C=O)(NC)C1.CC.CC.CC.CC.CC. The molecule has 0 amide bonds. The number of rotatable bonds is 22. The first-order valence-corrected chi connectivity index (χ1v) is 20.1. The van der Waals surface area contributed by atoms with E-state index in [2.05, 4.69) is 51.8 Å². The number of aldehydes is 2. The minimum atomic E-state index is -0.718. The molecule has 49 heavy (non-hydrogen) atoms. The lowest BCUT2D eigenvalue weighted by Gasteiger charge is -2.48. The van der Waals surface area contributed by atoms with Crippen LogP contribution < -0.4 is 16.1 Å². The van der Waals surface area contributed by atoms with Crippen LogP contribution in [0.15, 0.2) is 36.6 Å². The fourth-order valence-corrected chi connectivity index (χ4v) is 5.64. The van der Waals surface area contributed by atoms with Gasteiger partial charge in [0.25, 0.3) is 0 Å². The predicted molar refractivity (Wildman–Crippen MR) is 216 cm³/mol. The molecule has 0 aromatic rings. The number of carbonyl (C=O) groups excluding carboxylic acids is 2. The lowest BCUT2D eigenvalue weighted by molar-refractivity contribution is -1.11. The Morgan fingerprint density at radius 1 is 0.857 bits per heavy atom. The second-order valence-electron chi connectivity index (χ2n) is 12.1. The van der Waals surface area contributed by atoms with E-state index in [1.54, 1.807) is 14.1 Å². The number of likely N-dealkylation sites (tertiary alicyclic amines) is 1. The molecule has 2 heterocycles. The number of likely N-dealkylation sites (N-methyl/N-ethyl adjacent to an activating group) is 1. The van der Waals surface area contributed by atoms with Gasteiger partial charge in [-0.3, -0.25) is 0 Å². The van der Waals surface area contributed by atoms with Gasteiger partial charge in [-0.25, -0.2) is 0 Å². The molecule has 2 atom stereocenters. The highest BCUT2D eigenvalue weighted by atomic mass is 16.6. The molecule has 8 nitrogen and oxygen atoms in total. The third kappa shape index (κ3) is 26.6. The predicted octanol–water partition coefficient (Wildman–Crippen LogP) is 9.56. The van der Waals surface area contributed by atoms with Crippen molar-refractivity contribution in [3.05, 3.63) is 36.6 Å². The molecule has 2 rings (SSSR count). The maximum Gasteiger partial charge on any atom is 0.145 e. The normalized spacial score (nSPS) is 17.2. The summed E-state index contributed by atoms with van der Waals surface area (Å²) in [5, 5.41) is 16.9. The summed E-state index contributed by atoms with van der Waals surface area (Å²) < 4.78 is -0.421. The van der Waals surface area contributed by atoms with Crippen molar-refractivity contribution in [3.8, 4) is 0 Å². The van der Waals surface area contributed by atoms with Gasteiger partial charge in [-0.05, 0) is 97.1 Å². The topological polar surface area (TPSA) is 93.7 Å². The minimum absolute atomic E-state index is 0.383. The van der Waals surface area contributed by atoms with E-state index in [1.807, 2.05) is 76.3 Å². The monoisotopic (exact) mass is 697 g/mol. The Morgan fingerprint density at radius 3 is 1.80 bits per heavy atom. The second kappa shape index (κ2) is 36.0. The van der Waals surface area contributed by atoms with Gasteiger partial charge in [0.2, 0.25) is 0 Å². The van der Waals surface area contributed by atoms with Crippen LogP contribution in [0.2, 0.25) is 0 Å². The molecule has 8 heteroatoms. The molecule has 292 valence electrons. The minimum Gasteiger partial charge on any atom is -0.371 e. The molecule has 0 aromatic carbocycles. The van der Waals surface area contributed by atoms with Gasteiger partial charge in [0.05, 0.1) is 0 Å². The summed E-state index contributed by atoms with van der Waals surface area (Å²) in [5.41, 5.74) is 3.18. The lowest BCUT2D eigenvalue weighted by atomic mass is 9.89. The Balaban J connectivity index is -0.000000924. The molecule has 2 unspecified atom stereocenters. The van der Waals surface area contributed by atoms with Crippen LogP contribution in [0.4, 0.5) is 0 Å². The number of hydrogen-bond donors (Lipinski definition) is 4. The average molecular weight is 697 g/mol. The molecule has 2 saturated heterocycles. The maximum atomic E-state index is 12.2. The Hall–Kier alpha value is -1.84. The number of nitrogens with one attached hydrogen (secondary N) is 3. The Labute approximate surface area is 306 Å². The molecule has 0 aliphatic carbocycles. The van der Waals surface area contributed by atoms with E-state index < -0.39 is 10.3 Å². The zero-order valence-electron chi connectivity index (χ0n) is 34.9. The molecule has 0 bridgehead atoms. The highest BCUT2D eigenvalue weighted by Crippen LogP contribution is 2.25. The van der Waals surface area contributed by atoms with Crippen LogP contribution in [0, 0.1) is 0 Å². The lowest BCUT2D eigenvalue weighted by Crippen LogP contribution is -2.68. The molecule has 2 aliphatic rings. The van der Waals surface area contributed by atoms with Crippen molar-refractivity contribution in [2.24, 2.45) is 0 Å². The van der Waals surface area contributed by atoms with Crippen LogP contribution in [0.5, 0.6) is 0 Å². The van der Waals surface area contributed by atoms with Crippen LogP contribution >= 0.6 is 0 Å². The molecular weight excluding hydrogens is 610 g/mol. The number of hydrogen-bond acceptors (Lipinski definition) is 7. The summed E-state index contributed by atoms with van der Waals surface area (Å²) in [7, 11) is 5.13. The molecule has 2 fully saturated rings. The molecule has 2 aliphatic heterocycles. The quantitative estimate of drug-likeness (QED) is 0.0295. The standard InChI is InChI=1S/C31H56N5O3.5C2H6/c1-28(35-24-31(25-35,27-38)32-2)18-13-9-7-5-6-8-11-15-21-30(26-37,34-36(3,4)39)22-16-12-10-14-19-29-20-17-23-33-29;5*1-2/h6,8,10,14,26-27,29,32-34,39H,1,5,7,9,11-13,15-25H2,2-4H3;5*1-2H3/q+1;;;;;/b8-6+,14-10+;;;;;. The number of nitrogens with zero attached hydrogens (tertiary/aromatic N) is 2. The third-order valence-corrected chi connectivity index (χ3v) is 8.08. The van der Waals surface area contributed by atoms with Gasteiger partial charge in [-0.15, -0.1) is 10.2 Å². The first kappa shape index (κ1) is 53.9. The highest BCUT2D eigenvalue weighted by Gasteiger charge is 2.41. The number of unbranched alkanes of at least 4 members (excludes halogenated alkanes) is 5. The summed E-state index contributed by atoms with van der Waals surface area (Å²) in [6.07, 6.45) is 25.2.